The van der Waals surface area contributed by atoms with Gasteiger partial charge in [-0.05, 0) is 45.3 Å². The van der Waals surface area contributed by atoms with Gasteiger partial charge in [-0.25, -0.2) is 0 Å². The maximum absolute atomic E-state index is 9.05. The molecule has 0 saturated carbocycles. The maximum Gasteiger partial charge on any atom is 0.0446 e. The minimum absolute atomic E-state index is 0.285. The van der Waals surface area contributed by atoms with Gasteiger partial charge in [-0.15, -0.1) is 0 Å². The molecular formula is C13H30N2O. The molecule has 0 aromatic carbocycles. The second kappa shape index (κ2) is 11.4. The predicted molar refractivity (Wildman–Crippen MR) is 70.8 cm³/mol. The summed E-state index contributed by atoms with van der Waals surface area (Å²) in [6.07, 6.45) is 4.44. The average molecular weight is 230 g/mol. The van der Waals surface area contributed by atoms with Crippen LogP contribution in [0.5, 0.6) is 0 Å². The molecule has 2 N–H and O–H groups in total. The van der Waals surface area contributed by atoms with Crippen molar-refractivity contribution in [1.82, 2.24) is 10.2 Å². The first kappa shape index (κ1) is 15.9. The first-order valence-electron chi connectivity index (χ1n) is 6.84. The average Bonchev–Trinajstić information content (AvgIpc) is 2.27. The molecule has 0 aliphatic carbocycles. The summed E-state index contributed by atoms with van der Waals surface area (Å²) in [7, 11) is 0. The van der Waals surface area contributed by atoms with Crippen molar-refractivity contribution >= 4 is 0 Å². The maximum atomic E-state index is 9.05. The highest BCUT2D eigenvalue weighted by Gasteiger charge is 2.11. The number of aliphatic hydroxyl groups excluding tert-OH is 1. The number of hydrogen-bond donors (Lipinski definition) is 2. The van der Waals surface area contributed by atoms with E-state index in [0.717, 1.165) is 25.9 Å². The Morgan fingerprint density at radius 3 is 2.12 bits per heavy atom. The summed E-state index contributed by atoms with van der Waals surface area (Å²) in [5.41, 5.74) is 0. The molecule has 0 bridgehead atoms. The zero-order valence-corrected chi connectivity index (χ0v) is 11.3. The van der Waals surface area contributed by atoms with E-state index in [2.05, 4.69) is 31.0 Å². The van der Waals surface area contributed by atoms with Gasteiger partial charge in [0.05, 0.1) is 0 Å². The molecule has 0 spiro atoms. The van der Waals surface area contributed by atoms with E-state index in [1.54, 1.807) is 0 Å². The Balaban J connectivity index is 3.98. The summed E-state index contributed by atoms with van der Waals surface area (Å²) in [5.74, 6) is 0. The van der Waals surface area contributed by atoms with Crippen molar-refractivity contribution in [2.24, 2.45) is 0 Å². The minimum Gasteiger partial charge on any atom is -0.396 e. The fourth-order valence-electron chi connectivity index (χ4n) is 2.00. The third-order valence-corrected chi connectivity index (χ3v) is 2.72. The Bertz CT molecular complexity index is 136. The van der Waals surface area contributed by atoms with Gasteiger partial charge in [-0.3, -0.25) is 0 Å². The van der Waals surface area contributed by atoms with Gasteiger partial charge in [0.25, 0.3) is 0 Å². The first-order chi connectivity index (χ1) is 7.78. The number of hydrogen-bond acceptors (Lipinski definition) is 3. The standard InChI is InChI=1S/C13H30N2O/c1-4-8-14-13(7-11-16)12-15(9-5-2)10-6-3/h13-14,16H,4-12H2,1-3H3. The molecule has 16 heavy (non-hydrogen) atoms. The van der Waals surface area contributed by atoms with Crippen molar-refractivity contribution in [3.63, 3.8) is 0 Å². The van der Waals surface area contributed by atoms with Crippen LogP contribution in [-0.2, 0) is 0 Å². The Morgan fingerprint density at radius 1 is 1.06 bits per heavy atom. The normalized spacial score (nSPS) is 13.3. The molecule has 0 aromatic heterocycles. The van der Waals surface area contributed by atoms with E-state index in [1.165, 1.54) is 25.9 Å². The number of aliphatic hydroxyl groups is 1. The van der Waals surface area contributed by atoms with Gasteiger partial charge in [0.15, 0.2) is 0 Å². The second-order valence-corrected chi connectivity index (χ2v) is 4.46. The number of nitrogens with zero attached hydrogens (tertiary/aromatic N) is 1. The molecule has 1 atom stereocenters. The fourth-order valence-corrected chi connectivity index (χ4v) is 2.00. The molecule has 98 valence electrons. The van der Waals surface area contributed by atoms with Crippen LogP contribution < -0.4 is 5.32 Å². The van der Waals surface area contributed by atoms with Crippen LogP contribution in [0.2, 0.25) is 0 Å². The van der Waals surface area contributed by atoms with Crippen LogP contribution in [-0.4, -0.2) is 48.8 Å². The molecule has 3 nitrogen and oxygen atoms in total. The minimum atomic E-state index is 0.285. The van der Waals surface area contributed by atoms with Crippen LogP contribution in [0.25, 0.3) is 0 Å². The third kappa shape index (κ3) is 8.08. The number of nitrogens with one attached hydrogen (secondary N) is 1. The van der Waals surface area contributed by atoms with Crippen molar-refractivity contribution < 1.29 is 5.11 Å². The summed E-state index contributed by atoms with van der Waals surface area (Å²) < 4.78 is 0. The highest BCUT2D eigenvalue weighted by molar-refractivity contribution is 4.71. The Morgan fingerprint density at radius 2 is 1.69 bits per heavy atom. The van der Waals surface area contributed by atoms with Gasteiger partial charge in [0.2, 0.25) is 0 Å². The smallest absolute Gasteiger partial charge is 0.0446 e. The quantitative estimate of drug-likeness (QED) is 0.569. The van der Waals surface area contributed by atoms with E-state index < -0.39 is 0 Å². The molecule has 0 aliphatic heterocycles. The van der Waals surface area contributed by atoms with E-state index in [-0.39, 0.29) is 6.61 Å². The highest BCUT2D eigenvalue weighted by Crippen LogP contribution is 2.00. The Hall–Kier alpha value is -0.120. The summed E-state index contributed by atoms with van der Waals surface area (Å²) in [6.45, 7) is 11.4. The molecule has 3 heteroatoms. The van der Waals surface area contributed by atoms with Gasteiger partial charge in [0, 0.05) is 19.2 Å². The molecule has 0 saturated heterocycles. The molecule has 0 aromatic rings. The van der Waals surface area contributed by atoms with E-state index in [1.807, 2.05) is 0 Å². The van der Waals surface area contributed by atoms with Crippen LogP contribution in [0, 0.1) is 0 Å². The lowest BCUT2D eigenvalue weighted by Crippen LogP contribution is -2.42. The summed E-state index contributed by atoms with van der Waals surface area (Å²) in [6, 6.07) is 0.447. The summed E-state index contributed by atoms with van der Waals surface area (Å²) in [4.78, 5) is 2.50. The third-order valence-electron chi connectivity index (χ3n) is 2.72. The first-order valence-corrected chi connectivity index (χ1v) is 6.84. The van der Waals surface area contributed by atoms with Gasteiger partial charge < -0.3 is 15.3 Å². The van der Waals surface area contributed by atoms with Crippen molar-refractivity contribution in [3.8, 4) is 0 Å². The van der Waals surface area contributed by atoms with Gasteiger partial charge in [0.1, 0.15) is 0 Å². The largest absolute Gasteiger partial charge is 0.396 e. The van der Waals surface area contributed by atoms with Crippen LogP contribution in [0.3, 0.4) is 0 Å². The van der Waals surface area contributed by atoms with E-state index in [9.17, 15) is 0 Å². The van der Waals surface area contributed by atoms with E-state index in [4.69, 9.17) is 5.11 Å². The predicted octanol–water partition coefficient (Wildman–Crippen LogP) is 1.86. The zero-order valence-electron chi connectivity index (χ0n) is 11.3. The van der Waals surface area contributed by atoms with Crippen molar-refractivity contribution in [2.75, 3.05) is 32.8 Å². The molecule has 0 aliphatic rings. The topological polar surface area (TPSA) is 35.5 Å². The van der Waals surface area contributed by atoms with Crippen LogP contribution in [0.1, 0.15) is 46.5 Å². The van der Waals surface area contributed by atoms with Crippen LogP contribution in [0.4, 0.5) is 0 Å². The second-order valence-electron chi connectivity index (χ2n) is 4.46. The Kier molecular flexibility index (Phi) is 11.3. The molecular weight excluding hydrogens is 200 g/mol. The summed E-state index contributed by atoms with van der Waals surface area (Å²) in [5, 5.41) is 12.6. The van der Waals surface area contributed by atoms with Crippen molar-refractivity contribution in [3.05, 3.63) is 0 Å². The number of rotatable bonds is 11. The SMILES string of the molecule is CCCNC(CCO)CN(CCC)CCC. The summed E-state index contributed by atoms with van der Waals surface area (Å²) >= 11 is 0. The molecule has 1 unspecified atom stereocenters. The Labute approximate surface area is 101 Å². The molecule has 0 radical (unpaired) electrons. The van der Waals surface area contributed by atoms with Gasteiger partial charge >= 0.3 is 0 Å². The molecule has 0 fully saturated rings. The molecule has 0 heterocycles. The molecule has 0 rings (SSSR count). The van der Waals surface area contributed by atoms with Gasteiger partial charge in [-0.1, -0.05) is 20.8 Å². The monoisotopic (exact) mass is 230 g/mol. The lowest BCUT2D eigenvalue weighted by atomic mass is 10.2. The van der Waals surface area contributed by atoms with E-state index >= 15 is 0 Å². The van der Waals surface area contributed by atoms with E-state index in [0.29, 0.717) is 6.04 Å². The van der Waals surface area contributed by atoms with Crippen LogP contribution >= 0.6 is 0 Å². The zero-order chi connectivity index (χ0) is 12.2. The lowest BCUT2D eigenvalue weighted by Gasteiger charge is -2.27. The molecule has 0 amide bonds. The lowest BCUT2D eigenvalue weighted by molar-refractivity contribution is 0.207. The highest BCUT2D eigenvalue weighted by atomic mass is 16.3. The van der Waals surface area contributed by atoms with Gasteiger partial charge in [-0.2, -0.15) is 0 Å². The van der Waals surface area contributed by atoms with Crippen molar-refractivity contribution in [1.29, 1.82) is 0 Å². The van der Waals surface area contributed by atoms with Crippen molar-refractivity contribution in [2.45, 2.75) is 52.5 Å². The fraction of sp³-hybridized carbons (Fsp3) is 1.00. The van der Waals surface area contributed by atoms with Crippen LogP contribution in [0.15, 0.2) is 0 Å².